The Morgan fingerprint density at radius 3 is 0.905 bits per heavy atom. The molecule has 740 valence electrons. The molecule has 0 aliphatic heterocycles. The van der Waals surface area contributed by atoms with Crippen LogP contribution in [0.25, 0.3) is 94.0 Å². The molecular formula is C110H93Cl5N26O7. The van der Waals surface area contributed by atoms with Gasteiger partial charge in [0.15, 0.2) is 29.1 Å². The summed E-state index contributed by atoms with van der Waals surface area (Å²) in [6.07, 6.45) is 39.5. The van der Waals surface area contributed by atoms with Gasteiger partial charge in [0.25, 0.3) is 0 Å². The van der Waals surface area contributed by atoms with Gasteiger partial charge in [0.1, 0.15) is 28.9 Å². The lowest BCUT2D eigenvalue weighted by molar-refractivity contribution is -0.118. The van der Waals surface area contributed by atoms with E-state index in [1.807, 2.05) is 141 Å². The molecule has 2 saturated carbocycles. The second kappa shape index (κ2) is 47.3. The van der Waals surface area contributed by atoms with E-state index in [-0.39, 0.29) is 73.5 Å². The van der Waals surface area contributed by atoms with E-state index in [0.717, 1.165) is 105 Å². The number of azide groups is 1. The lowest BCUT2D eigenvalue weighted by atomic mass is 9.94. The topological polar surface area (TPSA) is 420 Å². The standard InChI is InChI=1S/2C23H19ClN4O.C22H20ClN5O2.C21H17ClN8O.C21H18ClN5O2/c2*24-20-11-15(13-26-23(20)28-9-3-8-27-28)10-18(29)12-17-14-25-21-5-2-1-4-19(21)22(17)16-6-7-16;1-14(30-2)21-16(13-24-20-6-4-3-5-18(20)21)11-17(29)9-15-10-19(23)22(25-12-15)28-26-7-8-27-28;1-13(28-29-23)20-15(12-24-19-5-3-2-4-17(19)20)10-16(31)8-14-9-18(22)21(25-11-14)30-26-6-7-27-30;1-13(28)20-15(12-23-19-5-3-2-4-17(19)20)10-16(29)8-14-9-18(22)21(24-11-14)27-25-6-7-26-27/h2*1-5,8-9,11,13-14,16H,6-7,10,12H2;3-8,10,12-14H,9,11H2,1-2H3;2-7,9,11-13H,8,10H2,1H3;2-7,9,11-13,28H,8,10H2,1H3. The fraction of sp³-hybridized carbons (Fsp3) is 0.209. The summed E-state index contributed by atoms with van der Waals surface area (Å²) in [5.74, 6) is 3.70. The third kappa shape index (κ3) is 24.8. The van der Waals surface area contributed by atoms with Crippen molar-refractivity contribution in [2.45, 2.75) is 141 Å². The first-order valence-electron chi connectivity index (χ1n) is 47.5. The van der Waals surface area contributed by atoms with Crippen LogP contribution >= 0.6 is 58.0 Å². The Morgan fingerprint density at radius 1 is 0.345 bits per heavy atom. The van der Waals surface area contributed by atoms with Crippen molar-refractivity contribution < 1.29 is 33.8 Å². The van der Waals surface area contributed by atoms with Crippen molar-refractivity contribution in [3.63, 3.8) is 0 Å². The van der Waals surface area contributed by atoms with Gasteiger partial charge in [-0.3, -0.25) is 48.9 Å². The van der Waals surface area contributed by atoms with E-state index in [1.165, 1.54) is 86.8 Å². The van der Waals surface area contributed by atoms with Crippen molar-refractivity contribution in [2.24, 2.45) is 5.11 Å². The van der Waals surface area contributed by atoms with Crippen LogP contribution in [0.1, 0.15) is 160 Å². The molecule has 0 saturated heterocycles. The summed E-state index contributed by atoms with van der Waals surface area (Å²) in [5.41, 5.74) is 26.6. The van der Waals surface area contributed by atoms with Gasteiger partial charge in [-0.15, -0.1) is 14.4 Å². The number of ketones is 5. The van der Waals surface area contributed by atoms with Gasteiger partial charge in [-0.25, -0.2) is 34.3 Å². The van der Waals surface area contributed by atoms with Crippen LogP contribution in [0.15, 0.2) is 293 Å². The summed E-state index contributed by atoms with van der Waals surface area (Å²) in [6, 6.07) is 51.3. The molecule has 2 aliphatic carbocycles. The number of carbonyl (C=O) groups excluding carboxylic acids is 5. The monoisotopic (exact) mass is 2060 g/mol. The first kappa shape index (κ1) is 102. The van der Waals surface area contributed by atoms with E-state index in [9.17, 15) is 29.1 Å². The molecule has 38 heteroatoms. The van der Waals surface area contributed by atoms with E-state index in [2.05, 4.69) is 113 Å². The number of benzene rings is 5. The molecule has 2 fully saturated rings. The van der Waals surface area contributed by atoms with Crippen molar-refractivity contribution in [2.75, 3.05) is 7.11 Å². The van der Waals surface area contributed by atoms with Crippen LogP contribution in [0.4, 0.5) is 0 Å². The molecule has 0 radical (unpaired) electrons. The average molecular weight is 2070 g/mol. The molecule has 20 aromatic rings. The van der Waals surface area contributed by atoms with Crippen LogP contribution in [0.5, 0.6) is 0 Å². The fourth-order valence-corrected chi connectivity index (χ4v) is 19.4. The van der Waals surface area contributed by atoms with Gasteiger partial charge in [-0.2, -0.15) is 40.8 Å². The van der Waals surface area contributed by atoms with Gasteiger partial charge in [-0.1, -0.05) is 161 Å². The Kier molecular flexibility index (Phi) is 32.5. The van der Waals surface area contributed by atoms with Crippen molar-refractivity contribution in [1.29, 1.82) is 0 Å². The van der Waals surface area contributed by atoms with Crippen molar-refractivity contribution in [1.82, 2.24) is 114 Å². The molecule has 0 bridgehead atoms. The number of ether oxygens (including phenoxy) is 1. The number of hydrogen-bond donors (Lipinski definition) is 1. The Balaban J connectivity index is 0.000000121. The SMILES string of the molecule is CC(N=[N+]=[N-])c1c(CC(=O)Cc2cnc(-n3nccn3)c(Cl)c2)cnc2ccccc12.CC(O)c1c(CC(=O)Cc2cnc(-n3nccn3)c(Cl)c2)cnc2ccccc12.COC(C)c1c(CC(=O)Cc2cnc(-n3nccn3)c(Cl)c2)cnc2ccccc12.O=C(Cc1cnc(-n2cccn2)c(Cl)c1)Cc1cnc2ccccc2c1C1CC1.O=C(Cc1cnc(-n2cccn2)c(Cl)c1)Cc1cnc2ccccc2c1C1CC1. The minimum Gasteiger partial charge on any atom is -0.389 e. The Bertz CT molecular complexity index is 7860. The summed E-state index contributed by atoms with van der Waals surface area (Å²) in [4.78, 5) is 115. The number of aliphatic hydroxyl groups is 1. The lowest BCUT2D eigenvalue weighted by Crippen LogP contribution is -2.12. The second-order valence-corrected chi connectivity index (χ2v) is 37.7. The normalized spacial score (nSPS) is 12.7. The fourth-order valence-electron chi connectivity index (χ4n) is 18.0. The molecule has 1 N–H and O–H groups in total. The summed E-state index contributed by atoms with van der Waals surface area (Å²) in [6.45, 7) is 5.48. The number of carbonyl (C=O) groups is 5. The highest BCUT2D eigenvalue weighted by Crippen LogP contribution is 2.47. The maximum atomic E-state index is 12.8. The molecule has 15 aromatic heterocycles. The van der Waals surface area contributed by atoms with E-state index in [0.29, 0.717) is 103 Å². The molecule has 0 spiro atoms. The Hall–Kier alpha value is -16.2. The van der Waals surface area contributed by atoms with Crippen molar-refractivity contribution in [3.05, 3.63) is 407 Å². The number of aliphatic hydroxyl groups excluding tert-OH is 1. The molecule has 5 aromatic carbocycles. The molecule has 33 nitrogen and oxygen atoms in total. The minimum absolute atomic E-state index is 0.0215. The highest BCUT2D eigenvalue weighted by Gasteiger charge is 2.32. The van der Waals surface area contributed by atoms with Crippen molar-refractivity contribution >= 4 is 141 Å². The number of aromatic nitrogens is 23. The van der Waals surface area contributed by atoms with E-state index >= 15 is 0 Å². The minimum atomic E-state index is -0.706. The Labute approximate surface area is 872 Å². The van der Waals surface area contributed by atoms with Gasteiger partial charge >= 0.3 is 0 Å². The molecule has 3 unspecified atom stereocenters. The molecule has 148 heavy (non-hydrogen) atoms. The van der Waals surface area contributed by atoms with Gasteiger partial charge < -0.3 is 9.84 Å². The third-order valence-electron chi connectivity index (χ3n) is 24.9. The Morgan fingerprint density at radius 2 is 0.615 bits per heavy atom. The predicted molar refractivity (Wildman–Crippen MR) is 564 cm³/mol. The quantitative estimate of drug-likeness (QED) is 0.0232. The maximum absolute atomic E-state index is 12.8. The molecule has 22 rings (SSSR count). The van der Waals surface area contributed by atoms with Crippen LogP contribution < -0.4 is 0 Å². The number of hydrogen-bond acceptors (Lipinski definition) is 26. The zero-order chi connectivity index (χ0) is 103. The van der Waals surface area contributed by atoms with Gasteiger partial charge in [-0.05, 0) is 213 Å². The number of halogens is 5. The first-order valence-corrected chi connectivity index (χ1v) is 49.4. The van der Waals surface area contributed by atoms with E-state index < -0.39 is 12.1 Å². The van der Waals surface area contributed by atoms with Crippen LogP contribution in [0.3, 0.4) is 0 Å². The molecular weight excluding hydrogens is 1970 g/mol. The molecule has 2 aliphatic rings. The number of nitrogens with zero attached hydrogens (tertiary/aromatic N) is 26. The highest BCUT2D eigenvalue weighted by molar-refractivity contribution is 6.33. The average Bonchev–Trinajstić information content (AvgIpc) is 1.74. The van der Waals surface area contributed by atoms with Crippen LogP contribution in [0.2, 0.25) is 25.1 Å². The second-order valence-electron chi connectivity index (χ2n) is 35.6. The number of fused-ring (bicyclic) bond motifs is 5. The summed E-state index contributed by atoms with van der Waals surface area (Å²) < 4.78 is 8.78. The van der Waals surface area contributed by atoms with Gasteiger partial charge in [0.2, 0.25) is 0 Å². The highest BCUT2D eigenvalue weighted by atomic mass is 35.5. The van der Waals surface area contributed by atoms with E-state index in [1.54, 1.807) is 147 Å². The third-order valence-corrected chi connectivity index (χ3v) is 26.3. The number of rotatable bonds is 32. The zero-order valence-electron chi connectivity index (χ0n) is 80.3. The lowest BCUT2D eigenvalue weighted by Gasteiger charge is -2.17. The molecule has 3 atom stereocenters. The summed E-state index contributed by atoms with van der Waals surface area (Å²) in [7, 11) is 1.66. The largest absolute Gasteiger partial charge is 0.389 e. The smallest absolute Gasteiger partial charge is 0.193 e. The summed E-state index contributed by atoms with van der Waals surface area (Å²) in [5, 5.41) is 53.6. The maximum Gasteiger partial charge on any atom is 0.193 e. The van der Waals surface area contributed by atoms with Crippen LogP contribution in [0, 0.1) is 0 Å². The van der Waals surface area contributed by atoms with Crippen LogP contribution in [-0.4, -0.2) is 156 Å². The van der Waals surface area contributed by atoms with Gasteiger partial charge in [0.05, 0.1) is 108 Å². The first-order chi connectivity index (χ1) is 72.0. The molecule has 0 amide bonds. The summed E-state index contributed by atoms with van der Waals surface area (Å²) >= 11 is 31.6. The number of pyridine rings is 10. The van der Waals surface area contributed by atoms with Gasteiger partial charge in [0, 0.05) is 190 Å². The van der Waals surface area contributed by atoms with Crippen LogP contribution in [-0.2, 0) is 92.9 Å². The van der Waals surface area contributed by atoms with Crippen molar-refractivity contribution in [3.8, 4) is 29.1 Å². The predicted octanol–water partition coefficient (Wildman–Crippen LogP) is 21.2. The zero-order valence-corrected chi connectivity index (χ0v) is 84.1. The molecule has 15 heterocycles. The number of para-hydroxylation sites is 5. The number of methoxy groups -OCH3 is 1. The number of Topliss-reactive ketones (excluding diaryl/α,β-unsaturated/α-hetero) is 5. The van der Waals surface area contributed by atoms with E-state index in [4.69, 9.17) is 68.3 Å².